The number of nitrogens with one attached hydrogen (secondary N) is 2. The molecule has 0 radical (unpaired) electrons. The molecule has 3 aromatic rings. The zero-order valence-corrected chi connectivity index (χ0v) is 20.7. The number of anilines is 4. The molecule has 1 saturated heterocycles. The van der Waals surface area contributed by atoms with Crippen molar-refractivity contribution in [2.45, 2.75) is 19.8 Å². The summed E-state index contributed by atoms with van der Waals surface area (Å²) in [5.41, 5.74) is 4.73. The molecule has 1 aromatic heterocycles. The first-order valence-electron chi connectivity index (χ1n) is 10.4. The molecule has 0 unspecified atom stereocenters. The van der Waals surface area contributed by atoms with Crippen LogP contribution in [0.4, 0.5) is 23.5 Å². The van der Waals surface area contributed by atoms with Crippen molar-refractivity contribution >= 4 is 61.6 Å². The normalized spacial score (nSPS) is 13.5. The molecule has 8 nitrogen and oxygen atoms in total. The predicted octanol–water partition coefficient (Wildman–Crippen LogP) is 5.59. The second-order valence-electron chi connectivity index (χ2n) is 7.08. The molecule has 2 N–H and O–H groups in total. The third-order valence-electron chi connectivity index (χ3n) is 4.73. The van der Waals surface area contributed by atoms with E-state index in [1.165, 1.54) is 0 Å². The fourth-order valence-corrected chi connectivity index (χ4v) is 4.73. The number of hydrogen-bond acceptors (Lipinski definition) is 8. The van der Waals surface area contributed by atoms with E-state index in [9.17, 15) is 0 Å². The van der Waals surface area contributed by atoms with Crippen molar-refractivity contribution in [1.82, 2.24) is 15.0 Å². The van der Waals surface area contributed by atoms with E-state index in [1.54, 1.807) is 6.21 Å². The molecule has 2 heterocycles. The smallest absolute Gasteiger partial charge is 0.250 e. The van der Waals surface area contributed by atoms with Crippen molar-refractivity contribution in [3.05, 3.63) is 57.0 Å². The minimum Gasteiger partial charge on any atom is -0.492 e. The van der Waals surface area contributed by atoms with Crippen LogP contribution in [-0.4, -0.2) is 40.9 Å². The van der Waals surface area contributed by atoms with Crippen LogP contribution in [-0.2, 0) is 0 Å². The van der Waals surface area contributed by atoms with Gasteiger partial charge in [-0.15, -0.1) is 0 Å². The Morgan fingerprint density at radius 3 is 2.41 bits per heavy atom. The zero-order valence-electron chi connectivity index (χ0n) is 17.6. The summed E-state index contributed by atoms with van der Waals surface area (Å²) in [5, 5.41) is 7.57. The van der Waals surface area contributed by atoms with Crippen LogP contribution in [0.2, 0.25) is 0 Å². The van der Waals surface area contributed by atoms with E-state index in [0.29, 0.717) is 24.5 Å². The predicted molar refractivity (Wildman–Crippen MR) is 135 cm³/mol. The lowest BCUT2D eigenvalue weighted by atomic mass is 10.2. The summed E-state index contributed by atoms with van der Waals surface area (Å²) < 4.78 is 7.32. The third kappa shape index (κ3) is 5.74. The summed E-state index contributed by atoms with van der Waals surface area (Å²) >= 11 is 7.08. The van der Waals surface area contributed by atoms with E-state index >= 15 is 0 Å². The van der Waals surface area contributed by atoms with Gasteiger partial charge in [0.2, 0.25) is 17.8 Å². The lowest BCUT2D eigenvalue weighted by Gasteiger charge is -2.16. The summed E-state index contributed by atoms with van der Waals surface area (Å²) in [6, 6.07) is 13.7. The first kappa shape index (κ1) is 22.5. The van der Waals surface area contributed by atoms with Crippen LogP contribution in [0.15, 0.2) is 56.5 Å². The molecule has 1 fully saturated rings. The third-order valence-corrected chi connectivity index (χ3v) is 5.91. The van der Waals surface area contributed by atoms with Crippen molar-refractivity contribution in [2.75, 3.05) is 35.3 Å². The number of para-hydroxylation sites is 1. The van der Waals surface area contributed by atoms with Crippen LogP contribution >= 0.6 is 31.9 Å². The SMILES string of the molecule is CCOc1c(Br)cc(/C=N\Nc2nc(Nc3ccccc3)nc(N3CCCC3)n2)cc1Br. The lowest BCUT2D eigenvalue weighted by molar-refractivity contribution is 0.336. The highest BCUT2D eigenvalue weighted by Crippen LogP contribution is 2.34. The quantitative estimate of drug-likeness (QED) is 0.274. The maximum absolute atomic E-state index is 5.63. The summed E-state index contributed by atoms with van der Waals surface area (Å²) in [6.45, 7) is 4.41. The molecule has 1 aliphatic rings. The van der Waals surface area contributed by atoms with Gasteiger partial charge in [-0.3, -0.25) is 0 Å². The van der Waals surface area contributed by atoms with Gasteiger partial charge in [0.1, 0.15) is 5.75 Å². The summed E-state index contributed by atoms with van der Waals surface area (Å²) in [4.78, 5) is 15.8. The zero-order chi connectivity index (χ0) is 22.3. The van der Waals surface area contributed by atoms with Gasteiger partial charge in [0.25, 0.3) is 0 Å². The molecule has 32 heavy (non-hydrogen) atoms. The van der Waals surface area contributed by atoms with Crippen LogP contribution in [0.3, 0.4) is 0 Å². The Kier molecular flexibility index (Phi) is 7.54. The number of ether oxygens (including phenoxy) is 1. The van der Waals surface area contributed by atoms with Crippen LogP contribution in [0.1, 0.15) is 25.3 Å². The van der Waals surface area contributed by atoms with Crippen molar-refractivity contribution in [1.29, 1.82) is 0 Å². The first-order valence-corrected chi connectivity index (χ1v) is 11.9. The maximum Gasteiger partial charge on any atom is 0.250 e. The molecule has 4 rings (SSSR count). The van der Waals surface area contributed by atoms with E-state index in [-0.39, 0.29) is 0 Å². The topological polar surface area (TPSA) is 87.6 Å². The molecule has 10 heteroatoms. The Balaban J connectivity index is 1.54. The van der Waals surface area contributed by atoms with E-state index in [2.05, 4.69) is 67.6 Å². The number of halogens is 2. The highest BCUT2D eigenvalue weighted by atomic mass is 79.9. The molecule has 0 amide bonds. The Morgan fingerprint density at radius 1 is 1.03 bits per heavy atom. The largest absolute Gasteiger partial charge is 0.492 e. The molecule has 1 aliphatic heterocycles. The van der Waals surface area contributed by atoms with Gasteiger partial charge in [-0.05, 0) is 81.5 Å². The van der Waals surface area contributed by atoms with Gasteiger partial charge in [-0.25, -0.2) is 5.43 Å². The van der Waals surface area contributed by atoms with Gasteiger partial charge in [-0.1, -0.05) is 18.2 Å². The van der Waals surface area contributed by atoms with Crippen LogP contribution in [0.5, 0.6) is 5.75 Å². The highest BCUT2D eigenvalue weighted by Gasteiger charge is 2.17. The van der Waals surface area contributed by atoms with Crippen LogP contribution < -0.4 is 20.4 Å². The Bertz CT molecular complexity index is 1070. The molecule has 0 aliphatic carbocycles. The van der Waals surface area contributed by atoms with E-state index in [1.807, 2.05) is 49.4 Å². The Labute approximate surface area is 203 Å². The van der Waals surface area contributed by atoms with Crippen LogP contribution in [0.25, 0.3) is 0 Å². The van der Waals surface area contributed by atoms with Crippen molar-refractivity contribution in [2.24, 2.45) is 5.10 Å². The fraction of sp³-hybridized carbons (Fsp3) is 0.273. The fourth-order valence-electron chi connectivity index (χ4n) is 3.28. The summed E-state index contributed by atoms with van der Waals surface area (Å²) in [6.07, 6.45) is 3.97. The highest BCUT2D eigenvalue weighted by molar-refractivity contribution is 9.11. The number of benzene rings is 2. The van der Waals surface area contributed by atoms with Gasteiger partial charge in [0, 0.05) is 18.8 Å². The first-order chi connectivity index (χ1) is 15.6. The van der Waals surface area contributed by atoms with Gasteiger partial charge in [0.15, 0.2) is 0 Å². The second kappa shape index (κ2) is 10.7. The van der Waals surface area contributed by atoms with Gasteiger partial charge in [-0.2, -0.15) is 20.1 Å². The van der Waals surface area contributed by atoms with Crippen molar-refractivity contribution in [3.63, 3.8) is 0 Å². The standard InChI is InChI=1S/C22H23Br2N7O/c1-2-32-19-17(23)12-15(13-18(19)24)14-25-30-21-27-20(26-16-8-4-3-5-9-16)28-22(29-21)31-10-6-7-11-31/h3-5,8-9,12-14H,2,6-7,10-11H2,1H3,(H2,26,27,28,29,30)/b25-14-. The van der Waals surface area contributed by atoms with E-state index in [4.69, 9.17) is 4.74 Å². The van der Waals surface area contributed by atoms with Crippen molar-refractivity contribution in [3.8, 4) is 5.75 Å². The second-order valence-corrected chi connectivity index (χ2v) is 8.79. The number of hydrogen-bond donors (Lipinski definition) is 2. The molecular weight excluding hydrogens is 538 g/mol. The van der Waals surface area contributed by atoms with E-state index in [0.717, 1.165) is 51.9 Å². The number of aromatic nitrogens is 3. The lowest BCUT2D eigenvalue weighted by Crippen LogP contribution is -2.21. The monoisotopic (exact) mass is 559 g/mol. The number of rotatable bonds is 8. The van der Waals surface area contributed by atoms with Crippen LogP contribution in [0, 0.1) is 0 Å². The molecule has 2 aromatic carbocycles. The van der Waals surface area contributed by atoms with Crippen molar-refractivity contribution < 1.29 is 4.74 Å². The molecule has 0 spiro atoms. The van der Waals surface area contributed by atoms with Gasteiger partial charge < -0.3 is 15.0 Å². The molecule has 0 saturated carbocycles. The Hall–Kier alpha value is -2.72. The minimum absolute atomic E-state index is 0.376. The van der Waals surface area contributed by atoms with E-state index < -0.39 is 0 Å². The molecule has 166 valence electrons. The molecule has 0 bridgehead atoms. The summed E-state index contributed by atoms with van der Waals surface area (Å²) in [5.74, 6) is 2.25. The summed E-state index contributed by atoms with van der Waals surface area (Å²) in [7, 11) is 0. The average molecular weight is 561 g/mol. The number of hydrazone groups is 1. The Morgan fingerprint density at radius 2 is 1.72 bits per heavy atom. The maximum atomic E-state index is 5.63. The molecule has 0 atom stereocenters. The number of nitrogens with zero attached hydrogens (tertiary/aromatic N) is 5. The van der Waals surface area contributed by atoms with Gasteiger partial charge >= 0.3 is 0 Å². The van der Waals surface area contributed by atoms with Gasteiger partial charge in [0.05, 0.1) is 21.8 Å². The average Bonchev–Trinajstić information content (AvgIpc) is 3.32. The minimum atomic E-state index is 0.376. The molecular formula is C22H23Br2N7O.